The van der Waals surface area contributed by atoms with E-state index in [0.717, 1.165) is 23.8 Å². The number of aryl methyl sites for hydroxylation is 1. The second-order valence-corrected chi connectivity index (χ2v) is 9.95. The lowest BCUT2D eigenvalue weighted by Gasteiger charge is -2.20. The fourth-order valence-corrected chi connectivity index (χ4v) is 5.55. The van der Waals surface area contributed by atoms with Crippen molar-refractivity contribution in [2.24, 2.45) is 0 Å². The minimum absolute atomic E-state index is 0.0733. The van der Waals surface area contributed by atoms with Gasteiger partial charge in [-0.1, -0.05) is 12.1 Å². The largest absolute Gasteiger partial charge is 0.492 e. The number of ether oxygens (including phenoxy) is 2. The van der Waals surface area contributed by atoms with E-state index in [1.807, 2.05) is 0 Å². The van der Waals surface area contributed by atoms with E-state index in [2.05, 4.69) is 10.2 Å². The normalized spacial score (nSPS) is 17.7. The molecule has 0 fully saturated rings. The lowest BCUT2D eigenvalue weighted by molar-refractivity contribution is -0.138. The van der Waals surface area contributed by atoms with Crippen molar-refractivity contribution >= 4 is 5.97 Å². The molecular weight excluding hydrogens is 551 g/mol. The monoisotopic (exact) mass is 572 g/mol. The van der Waals surface area contributed by atoms with Crippen LogP contribution in [0, 0.1) is 18.6 Å². The molecule has 4 aromatic rings. The Kier molecular flexibility index (Phi) is 6.43. The van der Waals surface area contributed by atoms with Crippen molar-refractivity contribution in [3.8, 4) is 34.1 Å². The van der Waals surface area contributed by atoms with Crippen molar-refractivity contribution in [3.63, 3.8) is 0 Å². The highest BCUT2D eigenvalue weighted by Crippen LogP contribution is 2.47. The molecule has 2 aliphatic rings. The van der Waals surface area contributed by atoms with Crippen LogP contribution < -0.4 is 9.47 Å². The van der Waals surface area contributed by atoms with Crippen molar-refractivity contribution < 1.29 is 45.7 Å². The van der Waals surface area contributed by atoms with Crippen LogP contribution in [-0.4, -0.2) is 27.9 Å². The van der Waals surface area contributed by atoms with Crippen LogP contribution in [0.1, 0.15) is 53.0 Å². The average Bonchev–Trinajstić information content (AvgIpc) is 3.61. The van der Waals surface area contributed by atoms with E-state index in [1.165, 1.54) is 13.0 Å². The summed E-state index contributed by atoms with van der Waals surface area (Å²) in [7, 11) is 0. The summed E-state index contributed by atoms with van der Waals surface area (Å²) in [6.45, 7) is 1.66. The Labute approximate surface area is 229 Å². The van der Waals surface area contributed by atoms with Crippen LogP contribution >= 0.6 is 0 Å². The zero-order valence-electron chi connectivity index (χ0n) is 21.4. The number of hydrogen-bond donors (Lipinski definition) is 1. The zero-order chi connectivity index (χ0) is 29.1. The van der Waals surface area contributed by atoms with Gasteiger partial charge in [-0.2, -0.15) is 13.2 Å². The van der Waals surface area contributed by atoms with Gasteiger partial charge in [-0.15, -0.1) is 10.2 Å². The molecule has 0 spiro atoms. The molecule has 0 bridgehead atoms. The summed E-state index contributed by atoms with van der Waals surface area (Å²) in [5.41, 5.74) is -0.749. The molecule has 7 nitrogen and oxygen atoms in total. The van der Waals surface area contributed by atoms with E-state index < -0.39 is 46.9 Å². The highest BCUT2D eigenvalue weighted by molar-refractivity contribution is 5.76. The van der Waals surface area contributed by atoms with Gasteiger partial charge in [-0.05, 0) is 59.4 Å². The second kappa shape index (κ2) is 9.86. The van der Waals surface area contributed by atoms with E-state index in [4.69, 9.17) is 19.0 Å². The van der Waals surface area contributed by atoms with Gasteiger partial charge in [-0.25, -0.2) is 8.78 Å². The number of aliphatic carboxylic acids is 1. The first-order chi connectivity index (χ1) is 19.5. The van der Waals surface area contributed by atoms with E-state index in [-0.39, 0.29) is 47.9 Å². The van der Waals surface area contributed by atoms with E-state index >= 15 is 8.78 Å². The highest BCUT2D eigenvalue weighted by Gasteiger charge is 2.39. The van der Waals surface area contributed by atoms with Crippen LogP contribution in [0.2, 0.25) is 0 Å². The standard InChI is InChI=1S/C29H21F5N2O5/c1-13-35-36-28(40-13)27-21(30)8-14(9-22(27)31)26-19-5-7-23(18(19)4-6-20(26)29(32,33)34)41-16-2-3-17-15(10-25(37)38)12-39-24(17)11-16/h2-4,6,8-9,11,15,23H,5,7,10,12H2,1H3,(H,37,38)/t15?,23-/m1/s1. The number of alkyl halides is 3. The number of halogens is 5. The number of benzene rings is 3. The molecule has 1 aliphatic carbocycles. The molecule has 212 valence electrons. The quantitative estimate of drug-likeness (QED) is 0.248. The maximum absolute atomic E-state index is 15.1. The zero-order valence-corrected chi connectivity index (χ0v) is 21.4. The summed E-state index contributed by atoms with van der Waals surface area (Å²) in [6.07, 6.45) is -4.99. The van der Waals surface area contributed by atoms with Gasteiger partial charge in [0.25, 0.3) is 5.89 Å². The molecule has 0 saturated carbocycles. The highest BCUT2D eigenvalue weighted by atomic mass is 19.4. The number of aromatic nitrogens is 2. The van der Waals surface area contributed by atoms with Crippen molar-refractivity contribution in [1.82, 2.24) is 10.2 Å². The van der Waals surface area contributed by atoms with Crippen molar-refractivity contribution in [3.05, 3.63) is 82.2 Å². The van der Waals surface area contributed by atoms with Crippen LogP contribution in [0.5, 0.6) is 11.5 Å². The topological polar surface area (TPSA) is 94.7 Å². The molecule has 1 aromatic heterocycles. The maximum Gasteiger partial charge on any atom is 0.417 e. The Morgan fingerprint density at radius 1 is 1.05 bits per heavy atom. The molecule has 3 aromatic carbocycles. The summed E-state index contributed by atoms with van der Waals surface area (Å²) in [5, 5.41) is 16.3. The second-order valence-electron chi connectivity index (χ2n) is 9.95. The van der Waals surface area contributed by atoms with Gasteiger partial charge in [0, 0.05) is 24.5 Å². The predicted molar refractivity (Wildman–Crippen MR) is 133 cm³/mol. The van der Waals surface area contributed by atoms with Gasteiger partial charge < -0.3 is 19.0 Å². The fourth-order valence-electron chi connectivity index (χ4n) is 5.55. The van der Waals surface area contributed by atoms with Crippen LogP contribution in [0.3, 0.4) is 0 Å². The molecule has 1 unspecified atom stereocenters. The molecule has 2 atom stereocenters. The number of hydrogen-bond acceptors (Lipinski definition) is 6. The molecule has 0 saturated heterocycles. The van der Waals surface area contributed by atoms with E-state index in [9.17, 15) is 18.0 Å². The van der Waals surface area contributed by atoms with Crippen LogP contribution in [0.4, 0.5) is 22.0 Å². The first-order valence-corrected chi connectivity index (χ1v) is 12.7. The summed E-state index contributed by atoms with van der Waals surface area (Å²) >= 11 is 0. The number of carbonyl (C=O) groups is 1. The van der Waals surface area contributed by atoms with E-state index in [1.54, 1.807) is 18.2 Å². The number of rotatable bonds is 6. The number of carboxylic acid groups (broad SMARTS) is 1. The Bertz CT molecular complexity index is 1660. The Morgan fingerprint density at radius 2 is 1.78 bits per heavy atom. The summed E-state index contributed by atoms with van der Waals surface area (Å²) in [4.78, 5) is 11.1. The van der Waals surface area contributed by atoms with Gasteiger partial charge in [0.05, 0.1) is 18.6 Å². The minimum atomic E-state index is -4.79. The summed E-state index contributed by atoms with van der Waals surface area (Å²) in [6, 6.07) is 8.90. The molecule has 41 heavy (non-hydrogen) atoms. The molecule has 0 amide bonds. The fraction of sp³-hybridized carbons (Fsp3) is 0.276. The third-order valence-electron chi connectivity index (χ3n) is 7.29. The van der Waals surface area contributed by atoms with Crippen LogP contribution in [-0.2, 0) is 17.4 Å². The Balaban J connectivity index is 1.36. The summed E-state index contributed by atoms with van der Waals surface area (Å²) in [5.74, 6) is -2.97. The third-order valence-corrected chi connectivity index (χ3v) is 7.29. The molecule has 6 rings (SSSR count). The van der Waals surface area contributed by atoms with Crippen molar-refractivity contribution in [2.45, 2.75) is 44.4 Å². The Morgan fingerprint density at radius 3 is 2.44 bits per heavy atom. The van der Waals surface area contributed by atoms with E-state index in [0.29, 0.717) is 23.5 Å². The van der Waals surface area contributed by atoms with Gasteiger partial charge in [-0.3, -0.25) is 4.79 Å². The minimum Gasteiger partial charge on any atom is -0.492 e. The van der Waals surface area contributed by atoms with Gasteiger partial charge in [0.15, 0.2) is 0 Å². The first kappa shape index (κ1) is 26.7. The number of nitrogens with zero attached hydrogens (tertiary/aromatic N) is 2. The van der Waals surface area contributed by atoms with Crippen molar-refractivity contribution in [1.29, 1.82) is 0 Å². The number of carboxylic acids is 1. The maximum atomic E-state index is 15.1. The SMILES string of the molecule is Cc1nnc(-c2c(F)cc(-c3c(C(F)(F)F)ccc4c3CC[C@H]4Oc3ccc4c(c3)OCC4CC(=O)O)cc2F)o1. The lowest BCUT2D eigenvalue weighted by Crippen LogP contribution is -2.11. The molecule has 2 heterocycles. The first-order valence-electron chi connectivity index (χ1n) is 12.7. The predicted octanol–water partition coefficient (Wildman–Crippen LogP) is 7.03. The summed E-state index contributed by atoms with van der Waals surface area (Å²) < 4.78 is 89.5. The molecule has 0 radical (unpaired) electrons. The lowest BCUT2D eigenvalue weighted by atomic mass is 9.90. The van der Waals surface area contributed by atoms with Gasteiger partial charge >= 0.3 is 12.1 Å². The average molecular weight is 572 g/mol. The number of fused-ring (bicyclic) bond motifs is 2. The molecule has 12 heteroatoms. The van der Waals surface area contributed by atoms with Crippen LogP contribution in [0.25, 0.3) is 22.6 Å². The van der Waals surface area contributed by atoms with Crippen LogP contribution in [0.15, 0.2) is 46.9 Å². The molecule has 1 N–H and O–H groups in total. The third kappa shape index (κ3) is 4.87. The van der Waals surface area contributed by atoms with Gasteiger partial charge in [0.2, 0.25) is 5.89 Å². The van der Waals surface area contributed by atoms with Crippen molar-refractivity contribution in [2.75, 3.05) is 6.61 Å². The molecule has 1 aliphatic heterocycles. The van der Waals surface area contributed by atoms with Gasteiger partial charge in [0.1, 0.15) is 34.8 Å². The smallest absolute Gasteiger partial charge is 0.417 e. The molecular formula is C29H21F5N2O5. The Hall–Kier alpha value is -4.48.